The SMILES string of the molecule is CCOC(=O)C1=C(C)N=c2s/c(=C/c3cc(C)n(-c4ccccc4Br)c3C)c(=O)n2[C@@H]1c1ccc(C)cc1. The van der Waals surface area contributed by atoms with Gasteiger partial charge in [-0.15, -0.1) is 0 Å². The molecule has 8 heteroatoms. The highest BCUT2D eigenvalue weighted by Gasteiger charge is 2.33. The molecular formula is C30H28BrN3O3S. The molecule has 194 valence electrons. The van der Waals surface area contributed by atoms with Crippen molar-refractivity contribution in [3.05, 3.63) is 118 Å². The van der Waals surface area contributed by atoms with Crippen molar-refractivity contribution in [2.75, 3.05) is 6.61 Å². The summed E-state index contributed by atoms with van der Waals surface area (Å²) in [6.45, 7) is 9.93. The van der Waals surface area contributed by atoms with Crippen LogP contribution in [-0.4, -0.2) is 21.7 Å². The van der Waals surface area contributed by atoms with E-state index in [1.165, 1.54) is 11.3 Å². The summed E-state index contributed by atoms with van der Waals surface area (Å²) < 4.78 is 10.7. The molecule has 6 nitrogen and oxygen atoms in total. The number of carbonyl (C=O) groups excluding carboxylic acids is 1. The molecule has 0 unspecified atom stereocenters. The Morgan fingerprint density at radius 3 is 2.50 bits per heavy atom. The molecule has 3 heterocycles. The van der Waals surface area contributed by atoms with E-state index in [0.717, 1.165) is 38.2 Å². The number of aryl methyl sites for hydroxylation is 2. The lowest BCUT2D eigenvalue weighted by Crippen LogP contribution is -2.39. The zero-order valence-corrected chi connectivity index (χ0v) is 24.3. The molecule has 0 saturated carbocycles. The summed E-state index contributed by atoms with van der Waals surface area (Å²) in [6.07, 6.45) is 1.93. The number of carbonyl (C=O) groups is 1. The van der Waals surface area contributed by atoms with Crippen LogP contribution in [0.2, 0.25) is 0 Å². The van der Waals surface area contributed by atoms with E-state index in [4.69, 9.17) is 4.74 Å². The fourth-order valence-electron chi connectivity index (χ4n) is 4.93. The van der Waals surface area contributed by atoms with Crippen LogP contribution in [0.3, 0.4) is 0 Å². The first kappa shape index (κ1) is 26.1. The second-order valence-electron chi connectivity index (χ2n) is 9.33. The Morgan fingerprint density at radius 2 is 1.82 bits per heavy atom. The van der Waals surface area contributed by atoms with Gasteiger partial charge in [0.05, 0.1) is 34.1 Å². The average Bonchev–Trinajstić information content (AvgIpc) is 3.33. The minimum atomic E-state index is -0.610. The number of thiazole rings is 1. The summed E-state index contributed by atoms with van der Waals surface area (Å²) in [5.74, 6) is -0.453. The maximum absolute atomic E-state index is 13.9. The van der Waals surface area contributed by atoms with Crippen molar-refractivity contribution in [1.29, 1.82) is 0 Å². The Balaban J connectivity index is 1.70. The molecule has 2 aromatic heterocycles. The molecule has 0 bridgehead atoms. The molecule has 4 aromatic rings. The number of benzene rings is 2. The van der Waals surface area contributed by atoms with Gasteiger partial charge in [0.1, 0.15) is 0 Å². The van der Waals surface area contributed by atoms with E-state index in [0.29, 0.717) is 20.6 Å². The molecular weight excluding hydrogens is 562 g/mol. The molecule has 5 rings (SSSR count). The first-order chi connectivity index (χ1) is 18.2. The quantitative estimate of drug-likeness (QED) is 0.298. The van der Waals surface area contributed by atoms with Crippen LogP contribution in [0.4, 0.5) is 0 Å². The first-order valence-electron chi connectivity index (χ1n) is 12.4. The van der Waals surface area contributed by atoms with Crippen LogP contribution in [0, 0.1) is 20.8 Å². The number of hydrogen-bond donors (Lipinski definition) is 0. The van der Waals surface area contributed by atoms with Gasteiger partial charge in [-0.05, 0) is 86.0 Å². The topological polar surface area (TPSA) is 65.6 Å². The van der Waals surface area contributed by atoms with Crippen molar-refractivity contribution in [3.8, 4) is 5.69 Å². The van der Waals surface area contributed by atoms with E-state index in [-0.39, 0.29) is 12.2 Å². The fraction of sp³-hybridized carbons (Fsp3) is 0.233. The lowest BCUT2D eigenvalue weighted by Gasteiger charge is -2.24. The van der Waals surface area contributed by atoms with Gasteiger partial charge in [-0.1, -0.05) is 53.3 Å². The zero-order valence-electron chi connectivity index (χ0n) is 21.9. The minimum Gasteiger partial charge on any atom is -0.463 e. The standard InChI is InChI=1S/C30H28BrN3O3S/c1-6-37-29(36)26-19(4)32-30-34(27(26)21-13-11-17(2)12-14-21)28(35)25(38-30)16-22-15-18(3)33(20(22)5)24-10-8-7-9-23(24)31/h7-16,27H,6H2,1-5H3/b25-16+/t27-/m1/s1. The molecule has 0 amide bonds. The van der Waals surface area contributed by atoms with Gasteiger partial charge in [-0.2, -0.15) is 0 Å². The molecule has 38 heavy (non-hydrogen) atoms. The number of rotatable bonds is 5. The van der Waals surface area contributed by atoms with Gasteiger partial charge in [-0.25, -0.2) is 9.79 Å². The number of para-hydroxylation sites is 1. The lowest BCUT2D eigenvalue weighted by molar-refractivity contribution is -0.139. The number of hydrogen-bond acceptors (Lipinski definition) is 5. The van der Waals surface area contributed by atoms with Gasteiger partial charge in [0, 0.05) is 15.9 Å². The van der Waals surface area contributed by atoms with Crippen LogP contribution in [-0.2, 0) is 9.53 Å². The van der Waals surface area contributed by atoms with Crippen molar-refractivity contribution in [3.63, 3.8) is 0 Å². The zero-order chi connectivity index (χ0) is 27.1. The third-order valence-electron chi connectivity index (χ3n) is 6.76. The summed E-state index contributed by atoms with van der Waals surface area (Å²) >= 11 is 4.99. The highest BCUT2D eigenvalue weighted by molar-refractivity contribution is 9.10. The monoisotopic (exact) mass is 589 g/mol. The normalized spacial score (nSPS) is 15.4. The summed E-state index contributed by atoms with van der Waals surface area (Å²) in [5, 5.41) is 0. The van der Waals surface area contributed by atoms with Crippen LogP contribution >= 0.6 is 27.3 Å². The third kappa shape index (κ3) is 4.52. The molecule has 0 radical (unpaired) electrons. The fourth-order valence-corrected chi connectivity index (χ4v) is 6.43. The second kappa shape index (κ2) is 10.3. The number of nitrogens with zero attached hydrogens (tertiary/aromatic N) is 3. The Hall–Kier alpha value is -3.49. The number of halogens is 1. The minimum absolute atomic E-state index is 0.181. The number of allylic oxidation sites excluding steroid dienone is 1. The molecule has 2 aromatic carbocycles. The number of aromatic nitrogens is 2. The number of esters is 1. The molecule has 1 aliphatic heterocycles. The lowest BCUT2D eigenvalue weighted by atomic mass is 9.95. The van der Waals surface area contributed by atoms with E-state index in [1.807, 2.05) is 62.4 Å². The molecule has 1 atom stereocenters. The maximum Gasteiger partial charge on any atom is 0.338 e. The van der Waals surface area contributed by atoms with E-state index in [1.54, 1.807) is 18.4 Å². The highest BCUT2D eigenvalue weighted by Crippen LogP contribution is 2.31. The van der Waals surface area contributed by atoms with Crippen LogP contribution < -0.4 is 14.9 Å². The Bertz CT molecular complexity index is 1770. The van der Waals surface area contributed by atoms with E-state index in [2.05, 4.69) is 44.5 Å². The highest BCUT2D eigenvalue weighted by atomic mass is 79.9. The summed E-state index contributed by atoms with van der Waals surface area (Å²) in [4.78, 5) is 32.2. The maximum atomic E-state index is 13.9. The Labute approximate surface area is 233 Å². The second-order valence-corrected chi connectivity index (χ2v) is 11.2. The predicted molar refractivity (Wildman–Crippen MR) is 155 cm³/mol. The van der Waals surface area contributed by atoms with Crippen molar-refractivity contribution in [2.45, 2.75) is 40.7 Å². The van der Waals surface area contributed by atoms with Crippen LogP contribution in [0.15, 0.2) is 80.1 Å². The third-order valence-corrected chi connectivity index (χ3v) is 8.41. The summed E-state index contributed by atoms with van der Waals surface area (Å²) in [5.41, 5.74) is 6.79. The van der Waals surface area contributed by atoms with Gasteiger partial charge in [0.15, 0.2) is 4.80 Å². The van der Waals surface area contributed by atoms with Crippen molar-refractivity contribution < 1.29 is 9.53 Å². The van der Waals surface area contributed by atoms with Gasteiger partial charge in [-0.3, -0.25) is 9.36 Å². The van der Waals surface area contributed by atoms with Crippen molar-refractivity contribution in [2.24, 2.45) is 4.99 Å². The summed E-state index contributed by atoms with van der Waals surface area (Å²) in [6, 6.07) is 17.4. The number of ether oxygens (including phenoxy) is 1. The van der Waals surface area contributed by atoms with Crippen LogP contribution in [0.1, 0.15) is 48.0 Å². The van der Waals surface area contributed by atoms with Gasteiger partial charge in [0.2, 0.25) is 0 Å². The van der Waals surface area contributed by atoms with Gasteiger partial charge < -0.3 is 9.30 Å². The van der Waals surface area contributed by atoms with Gasteiger partial charge in [0.25, 0.3) is 5.56 Å². The average molecular weight is 591 g/mol. The first-order valence-corrected chi connectivity index (χ1v) is 14.0. The molecule has 0 saturated heterocycles. The summed E-state index contributed by atoms with van der Waals surface area (Å²) in [7, 11) is 0. The molecule has 0 N–H and O–H groups in total. The van der Waals surface area contributed by atoms with E-state index < -0.39 is 12.0 Å². The Morgan fingerprint density at radius 1 is 1.11 bits per heavy atom. The Kier molecular flexibility index (Phi) is 7.11. The molecule has 0 spiro atoms. The molecule has 1 aliphatic rings. The number of fused-ring (bicyclic) bond motifs is 1. The molecule has 0 aliphatic carbocycles. The van der Waals surface area contributed by atoms with Crippen LogP contribution in [0.5, 0.6) is 0 Å². The molecule has 0 fully saturated rings. The largest absolute Gasteiger partial charge is 0.463 e. The smallest absolute Gasteiger partial charge is 0.338 e. The van der Waals surface area contributed by atoms with E-state index >= 15 is 0 Å². The van der Waals surface area contributed by atoms with Crippen molar-refractivity contribution >= 4 is 39.3 Å². The predicted octanol–water partition coefficient (Wildman–Crippen LogP) is 5.28. The van der Waals surface area contributed by atoms with Crippen LogP contribution in [0.25, 0.3) is 11.8 Å². The van der Waals surface area contributed by atoms with Gasteiger partial charge >= 0.3 is 5.97 Å². The van der Waals surface area contributed by atoms with Crippen molar-refractivity contribution in [1.82, 2.24) is 9.13 Å². The van der Waals surface area contributed by atoms with E-state index in [9.17, 15) is 9.59 Å².